The lowest BCUT2D eigenvalue weighted by Crippen LogP contribution is -2.24. The van der Waals surface area contributed by atoms with Crippen LogP contribution in [0.5, 0.6) is 0 Å². The number of hydrogen-bond donors (Lipinski definition) is 0. The van der Waals surface area contributed by atoms with Gasteiger partial charge in [-0.15, -0.1) is 0 Å². The first kappa shape index (κ1) is 13.2. The first-order valence-corrected chi connectivity index (χ1v) is 5.78. The molecule has 0 amide bonds. The Morgan fingerprint density at radius 1 is 1.38 bits per heavy atom. The second kappa shape index (κ2) is 4.58. The molecule has 0 aliphatic carbocycles. The predicted octanol–water partition coefficient (Wildman–Crippen LogP) is 3.14. The highest BCUT2D eigenvalue weighted by atomic mass is 19.1. The number of allylic oxidation sites excluding steroid dienone is 4. The molecule has 0 radical (unpaired) electrons. The van der Waals surface area contributed by atoms with Gasteiger partial charge in [-0.05, 0) is 46.3 Å². The van der Waals surface area contributed by atoms with Crippen molar-refractivity contribution in [3.05, 3.63) is 23.4 Å². The van der Waals surface area contributed by atoms with Gasteiger partial charge >= 0.3 is 0 Å². The minimum atomic E-state index is -1.23. The summed E-state index contributed by atoms with van der Waals surface area (Å²) in [6.45, 7) is 10.3. The largest absolute Gasteiger partial charge is 0.313 e. The average Bonchev–Trinajstić information content (AvgIpc) is 2.88. The minimum Gasteiger partial charge on any atom is -0.313 e. The van der Waals surface area contributed by atoms with Crippen LogP contribution >= 0.6 is 0 Å². The van der Waals surface area contributed by atoms with E-state index in [-0.39, 0.29) is 0 Å². The Morgan fingerprint density at radius 2 is 1.88 bits per heavy atom. The van der Waals surface area contributed by atoms with Crippen molar-refractivity contribution < 1.29 is 4.39 Å². The maximum Gasteiger partial charge on any atom is 0.126 e. The van der Waals surface area contributed by atoms with Crippen LogP contribution in [0, 0.1) is 0 Å². The molecule has 2 atom stereocenters. The van der Waals surface area contributed by atoms with Crippen LogP contribution in [0.15, 0.2) is 23.4 Å². The van der Waals surface area contributed by atoms with Gasteiger partial charge in [-0.3, -0.25) is 0 Å². The average molecular weight is 226 g/mol. The Morgan fingerprint density at radius 3 is 2.25 bits per heavy atom. The second-order valence-electron chi connectivity index (χ2n) is 5.12. The van der Waals surface area contributed by atoms with Crippen LogP contribution in [-0.4, -0.2) is 35.3 Å². The third kappa shape index (κ3) is 3.34. The van der Waals surface area contributed by atoms with E-state index >= 15 is 0 Å². The normalized spacial score (nSPS) is 26.9. The predicted molar refractivity (Wildman–Crippen MR) is 66.6 cm³/mol. The number of hydrazine groups is 1. The molecule has 0 spiro atoms. The molecule has 0 saturated carbocycles. The highest BCUT2D eigenvalue weighted by Crippen LogP contribution is 2.23. The Kier molecular flexibility index (Phi) is 3.79. The van der Waals surface area contributed by atoms with Gasteiger partial charge in [0.15, 0.2) is 0 Å². The molecular weight excluding hydrogens is 203 g/mol. The zero-order valence-corrected chi connectivity index (χ0v) is 11.2. The first-order chi connectivity index (χ1) is 7.23. The molecule has 1 aliphatic heterocycles. The molecule has 16 heavy (non-hydrogen) atoms. The summed E-state index contributed by atoms with van der Waals surface area (Å²) >= 11 is 0. The summed E-state index contributed by atoms with van der Waals surface area (Å²) < 4.78 is 13.5. The summed E-state index contributed by atoms with van der Waals surface area (Å²) in [5.74, 6) is 0. The summed E-state index contributed by atoms with van der Waals surface area (Å²) in [7, 11) is 2.04. The molecule has 2 unspecified atom stereocenters. The molecule has 1 heterocycles. The number of alkyl halides is 1. The van der Waals surface area contributed by atoms with E-state index in [0.29, 0.717) is 6.04 Å². The summed E-state index contributed by atoms with van der Waals surface area (Å²) in [5, 5.41) is 4.38. The van der Waals surface area contributed by atoms with Crippen molar-refractivity contribution in [2.24, 2.45) is 0 Å². The van der Waals surface area contributed by atoms with Gasteiger partial charge in [0.1, 0.15) is 5.67 Å². The van der Waals surface area contributed by atoms with Gasteiger partial charge in [0.2, 0.25) is 0 Å². The van der Waals surface area contributed by atoms with E-state index in [1.54, 1.807) is 13.8 Å². The van der Waals surface area contributed by atoms with Crippen LogP contribution in [-0.2, 0) is 0 Å². The molecule has 1 saturated heterocycles. The topological polar surface area (TPSA) is 6.25 Å². The van der Waals surface area contributed by atoms with Crippen molar-refractivity contribution in [1.29, 1.82) is 0 Å². The number of halogens is 1. The van der Waals surface area contributed by atoms with Gasteiger partial charge in [0.05, 0.1) is 0 Å². The van der Waals surface area contributed by atoms with Crippen molar-refractivity contribution in [3.8, 4) is 0 Å². The van der Waals surface area contributed by atoms with E-state index in [1.165, 1.54) is 0 Å². The molecule has 0 aromatic heterocycles. The lowest BCUT2D eigenvalue weighted by atomic mass is 10.0. The monoisotopic (exact) mass is 226 g/mol. The van der Waals surface area contributed by atoms with Gasteiger partial charge in [0, 0.05) is 25.3 Å². The third-order valence-corrected chi connectivity index (χ3v) is 3.23. The zero-order chi connectivity index (χ0) is 12.5. The van der Waals surface area contributed by atoms with E-state index in [0.717, 1.165) is 17.8 Å². The highest BCUT2D eigenvalue weighted by Gasteiger charge is 2.32. The van der Waals surface area contributed by atoms with Gasteiger partial charge in [-0.25, -0.2) is 9.40 Å². The molecule has 3 heteroatoms. The summed E-state index contributed by atoms with van der Waals surface area (Å²) in [5.41, 5.74) is 0.648. The molecular formula is C13H23FN2. The molecule has 0 aromatic carbocycles. The van der Waals surface area contributed by atoms with Crippen molar-refractivity contribution in [2.45, 2.75) is 46.3 Å². The first-order valence-electron chi connectivity index (χ1n) is 5.78. The summed E-state index contributed by atoms with van der Waals surface area (Å²) in [6.07, 6.45) is 3.84. The van der Waals surface area contributed by atoms with Crippen LogP contribution < -0.4 is 0 Å². The van der Waals surface area contributed by atoms with Crippen molar-refractivity contribution in [2.75, 3.05) is 13.6 Å². The van der Waals surface area contributed by atoms with Gasteiger partial charge in [-0.1, -0.05) is 6.08 Å². The Hall–Kier alpha value is -0.830. The quantitative estimate of drug-likeness (QED) is 0.536. The molecule has 1 aliphatic rings. The molecule has 1 fully saturated rings. The Labute approximate surface area is 98.4 Å². The van der Waals surface area contributed by atoms with Gasteiger partial charge in [0.25, 0.3) is 0 Å². The van der Waals surface area contributed by atoms with E-state index in [2.05, 4.69) is 16.9 Å². The fourth-order valence-corrected chi connectivity index (χ4v) is 1.40. The smallest absolute Gasteiger partial charge is 0.126 e. The van der Waals surface area contributed by atoms with E-state index < -0.39 is 5.67 Å². The fourth-order valence-electron chi connectivity index (χ4n) is 1.40. The maximum absolute atomic E-state index is 13.5. The molecule has 1 rings (SSSR count). The summed E-state index contributed by atoms with van der Waals surface area (Å²) in [4.78, 5) is 0. The van der Waals surface area contributed by atoms with Crippen LogP contribution in [0.3, 0.4) is 0 Å². The Bertz CT molecular complexity index is 312. The zero-order valence-electron chi connectivity index (χ0n) is 11.2. The molecule has 0 bridgehead atoms. The SMILES string of the molecule is CC(=CC=C(C)C(C)(C)F)N(C)N1CC1C. The number of rotatable bonds is 4. The van der Waals surface area contributed by atoms with E-state index in [9.17, 15) is 4.39 Å². The number of hydrogen-bond acceptors (Lipinski definition) is 2. The van der Waals surface area contributed by atoms with Gasteiger partial charge in [-0.2, -0.15) is 0 Å². The lowest BCUT2D eigenvalue weighted by Gasteiger charge is -2.21. The minimum absolute atomic E-state index is 0.635. The molecule has 92 valence electrons. The lowest BCUT2D eigenvalue weighted by molar-refractivity contribution is 0.163. The van der Waals surface area contributed by atoms with Crippen LogP contribution in [0.4, 0.5) is 4.39 Å². The highest BCUT2D eigenvalue weighted by molar-refractivity contribution is 5.20. The maximum atomic E-state index is 13.5. The van der Waals surface area contributed by atoms with E-state index in [4.69, 9.17) is 0 Å². The second-order valence-corrected chi connectivity index (χ2v) is 5.12. The molecule has 0 N–H and O–H groups in total. The van der Waals surface area contributed by atoms with E-state index in [1.807, 2.05) is 33.0 Å². The van der Waals surface area contributed by atoms with Crippen LogP contribution in [0.25, 0.3) is 0 Å². The van der Waals surface area contributed by atoms with Crippen molar-refractivity contribution in [3.63, 3.8) is 0 Å². The van der Waals surface area contributed by atoms with Gasteiger partial charge < -0.3 is 5.01 Å². The fraction of sp³-hybridized carbons (Fsp3) is 0.692. The van der Waals surface area contributed by atoms with Crippen molar-refractivity contribution >= 4 is 0 Å². The molecule has 2 nitrogen and oxygen atoms in total. The summed E-state index contributed by atoms with van der Waals surface area (Å²) in [6, 6.07) is 0.635. The Balaban J connectivity index is 2.63. The standard InChI is InChI=1S/C13H23FN2/c1-10(13(4,5)14)7-8-11(2)15(6)16-9-12(16)3/h7-8,12H,9H2,1-6H3. The third-order valence-electron chi connectivity index (χ3n) is 3.23. The van der Waals surface area contributed by atoms with Crippen molar-refractivity contribution in [1.82, 2.24) is 10.0 Å². The molecule has 0 aromatic rings. The number of nitrogens with zero attached hydrogens (tertiary/aromatic N) is 2. The van der Waals surface area contributed by atoms with Crippen LogP contribution in [0.2, 0.25) is 0 Å². The van der Waals surface area contributed by atoms with Crippen LogP contribution in [0.1, 0.15) is 34.6 Å².